The summed E-state index contributed by atoms with van der Waals surface area (Å²) in [7, 11) is -2.11. The van der Waals surface area contributed by atoms with Crippen LogP contribution in [-0.4, -0.2) is 18.0 Å². The van der Waals surface area contributed by atoms with Crippen LogP contribution in [-0.2, 0) is 0 Å². The Morgan fingerprint density at radius 2 is 0.789 bits per heavy atom. The highest BCUT2D eigenvalue weighted by Crippen LogP contribution is 2.40. The third-order valence-corrected chi connectivity index (χ3v) is 15.3. The second-order valence-electron chi connectivity index (χ2n) is 15.7. The van der Waals surface area contributed by atoms with E-state index >= 15 is 0 Å². The van der Waals surface area contributed by atoms with Crippen LogP contribution in [0.5, 0.6) is 0 Å². The summed E-state index contributed by atoms with van der Waals surface area (Å²) in [6.07, 6.45) is 0. The lowest BCUT2D eigenvalue weighted by Crippen LogP contribution is -2.50. The first-order valence-electron chi connectivity index (χ1n) is 19.7. The van der Waals surface area contributed by atoms with Crippen molar-refractivity contribution < 1.29 is 0 Å². The summed E-state index contributed by atoms with van der Waals surface area (Å²) >= 11 is 0. The van der Waals surface area contributed by atoms with Crippen molar-refractivity contribution in [3.05, 3.63) is 194 Å². The van der Waals surface area contributed by atoms with Crippen LogP contribution in [0.4, 0.5) is 0 Å². The number of hydrogen-bond acceptors (Lipinski definition) is 2. The third kappa shape index (κ3) is 5.46. The van der Waals surface area contributed by atoms with Crippen molar-refractivity contribution in [1.82, 2.24) is 9.97 Å². The van der Waals surface area contributed by atoms with E-state index in [-0.39, 0.29) is 0 Å². The van der Waals surface area contributed by atoms with Gasteiger partial charge in [-0.2, -0.15) is 0 Å². The molecule has 0 amide bonds. The van der Waals surface area contributed by atoms with Gasteiger partial charge in [-0.3, -0.25) is 0 Å². The molecule has 0 N–H and O–H groups in total. The molecule has 0 atom stereocenters. The average Bonchev–Trinajstić information content (AvgIpc) is 3.52. The van der Waals surface area contributed by atoms with Gasteiger partial charge in [0.05, 0.1) is 5.69 Å². The molecule has 0 saturated heterocycles. The number of benzene rings is 9. The van der Waals surface area contributed by atoms with Crippen molar-refractivity contribution >= 4 is 50.9 Å². The predicted molar refractivity (Wildman–Crippen MR) is 244 cm³/mol. The second-order valence-corrected chi connectivity index (χ2v) is 20.0. The molecule has 3 heteroatoms. The molecular formula is C54H38N2Si. The maximum absolute atomic E-state index is 5.48. The number of fused-ring (bicyclic) bond motifs is 9. The molecule has 2 heterocycles. The quantitative estimate of drug-likeness (QED) is 0.130. The first kappa shape index (κ1) is 33.4. The molecule has 0 fully saturated rings. The summed E-state index contributed by atoms with van der Waals surface area (Å²) in [6, 6.07) is 70.5. The van der Waals surface area contributed by atoms with Crippen molar-refractivity contribution in [2.75, 3.05) is 0 Å². The summed E-state index contributed by atoms with van der Waals surface area (Å²) in [5.74, 6) is 0.772. The van der Waals surface area contributed by atoms with Crippen LogP contribution in [0, 0.1) is 0 Å². The van der Waals surface area contributed by atoms with Gasteiger partial charge in [0.1, 0.15) is 8.07 Å². The SMILES string of the molecule is C[Si]1(C)c2ccccc2-c2c(-c3cccc(-c4ccccc4)c3)nc(-c3cccc(-c4cccc(-c5ccc6c7ccccc7c7ccccc7c6c5)c4)c3)nc21. The molecular weight excluding hydrogens is 705 g/mol. The van der Waals surface area contributed by atoms with Gasteiger partial charge in [0.15, 0.2) is 5.82 Å². The molecule has 1 aliphatic rings. The van der Waals surface area contributed by atoms with Gasteiger partial charge >= 0.3 is 0 Å². The molecule has 0 spiro atoms. The van der Waals surface area contributed by atoms with E-state index in [1.54, 1.807) is 0 Å². The van der Waals surface area contributed by atoms with Crippen LogP contribution in [0.1, 0.15) is 0 Å². The van der Waals surface area contributed by atoms with Crippen LogP contribution in [0.3, 0.4) is 0 Å². The molecule has 0 saturated carbocycles. The molecule has 1 aromatic heterocycles. The van der Waals surface area contributed by atoms with Crippen molar-refractivity contribution in [3.8, 4) is 67.2 Å². The summed E-state index contributed by atoms with van der Waals surface area (Å²) in [5, 5.41) is 10.4. The molecule has 10 aromatic rings. The topological polar surface area (TPSA) is 25.8 Å². The Kier molecular flexibility index (Phi) is 7.67. The average molecular weight is 743 g/mol. The Morgan fingerprint density at radius 1 is 0.333 bits per heavy atom. The second kappa shape index (κ2) is 13.1. The van der Waals surface area contributed by atoms with E-state index in [0.717, 1.165) is 33.8 Å². The molecule has 57 heavy (non-hydrogen) atoms. The lowest BCUT2D eigenvalue weighted by molar-refractivity contribution is 1.21. The molecule has 0 radical (unpaired) electrons. The van der Waals surface area contributed by atoms with Crippen LogP contribution < -0.4 is 10.5 Å². The van der Waals surface area contributed by atoms with E-state index in [9.17, 15) is 0 Å². The van der Waals surface area contributed by atoms with Gasteiger partial charge in [0.2, 0.25) is 0 Å². The van der Waals surface area contributed by atoms with Gasteiger partial charge in [0.25, 0.3) is 0 Å². The monoisotopic (exact) mass is 742 g/mol. The highest BCUT2D eigenvalue weighted by molar-refractivity contribution is 7.03. The van der Waals surface area contributed by atoms with E-state index in [1.807, 2.05) is 0 Å². The third-order valence-electron chi connectivity index (χ3n) is 12.0. The number of hydrogen-bond donors (Lipinski definition) is 0. The molecule has 0 aliphatic carbocycles. The minimum absolute atomic E-state index is 0.772. The number of aromatic nitrogens is 2. The minimum Gasteiger partial charge on any atom is -0.237 e. The Balaban J connectivity index is 1.03. The normalized spacial score (nSPS) is 12.9. The Morgan fingerprint density at radius 3 is 1.46 bits per heavy atom. The Labute approximate surface area is 333 Å². The highest BCUT2D eigenvalue weighted by Gasteiger charge is 2.41. The maximum Gasteiger partial charge on any atom is 0.159 e. The van der Waals surface area contributed by atoms with Crippen molar-refractivity contribution in [3.63, 3.8) is 0 Å². The van der Waals surface area contributed by atoms with E-state index in [1.165, 1.54) is 76.2 Å². The van der Waals surface area contributed by atoms with Crippen molar-refractivity contribution in [1.29, 1.82) is 0 Å². The summed E-state index contributed by atoms with van der Waals surface area (Å²) in [4.78, 5) is 11.0. The van der Waals surface area contributed by atoms with Crippen LogP contribution in [0.15, 0.2) is 194 Å². The first-order chi connectivity index (χ1) is 28.0. The number of nitrogens with zero attached hydrogens (tertiary/aromatic N) is 2. The van der Waals surface area contributed by atoms with E-state index < -0.39 is 8.07 Å². The summed E-state index contributed by atoms with van der Waals surface area (Å²) < 4.78 is 0. The standard InChI is InChI=1S/C54H38N2Si/c1-57(2)50-28-11-10-27-48(50)51-52(41-21-13-17-36(32-41)35-15-4-3-5-16-35)55-53(56-54(51)57)42-22-14-20-39(33-42)37-18-12-19-38(31-37)40-29-30-47-45-25-7-6-23-43(45)44-24-8-9-26-46(44)49(47)34-40/h3-34H,1-2H3. The van der Waals surface area contributed by atoms with Gasteiger partial charge in [-0.25, -0.2) is 9.97 Å². The molecule has 2 nitrogen and oxygen atoms in total. The van der Waals surface area contributed by atoms with Gasteiger partial charge < -0.3 is 0 Å². The maximum atomic E-state index is 5.48. The van der Waals surface area contributed by atoms with Gasteiger partial charge in [-0.1, -0.05) is 183 Å². The lowest BCUT2D eigenvalue weighted by Gasteiger charge is -2.19. The van der Waals surface area contributed by atoms with Crippen LogP contribution in [0.25, 0.3) is 99.5 Å². The molecule has 268 valence electrons. The fourth-order valence-corrected chi connectivity index (χ4v) is 12.1. The van der Waals surface area contributed by atoms with Gasteiger partial charge in [-0.15, -0.1) is 0 Å². The Hall–Kier alpha value is -6.94. The van der Waals surface area contributed by atoms with Crippen LogP contribution in [0.2, 0.25) is 13.1 Å². The number of rotatable bonds is 5. The molecule has 11 rings (SSSR count). The zero-order chi connectivity index (χ0) is 38.1. The first-order valence-corrected chi connectivity index (χ1v) is 22.7. The summed E-state index contributed by atoms with van der Waals surface area (Å²) in [6.45, 7) is 4.86. The van der Waals surface area contributed by atoms with E-state index in [2.05, 4.69) is 207 Å². The Bertz CT molecular complexity index is 3180. The highest BCUT2D eigenvalue weighted by atomic mass is 28.3. The molecule has 0 unspecified atom stereocenters. The van der Waals surface area contributed by atoms with Gasteiger partial charge in [0, 0.05) is 22.0 Å². The predicted octanol–water partition coefficient (Wildman–Crippen LogP) is 13.1. The lowest BCUT2D eigenvalue weighted by atomic mass is 9.91. The van der Waals surface area contributed by atoms with E-state index in [4.69, 9.17) is 9.97 Å². The summed E-state index contributed by atoms with van der Waals surface area (Å²) in [5.41, 5.74) is 12.7. The van der Waals surface area contributed by atoms with Gasteiger partial charge in [-0.05, 0) is 101 Å². The van der Waals surface area contributed by atoms with Crippen LogP contribution >= 0.6 is 0 Å². The molecule has 9 aromatic carbocycles. The fraction of sp³-hybridized carbons (Fsp3) is 0.0370. The molecule has 0 bridgehead atoms. The van der Waals surface area contributed by atoms with E-state index in [0.29, 0.717) is 0 Å². The van der Waals surface area contributed by atoms with Crippen molar-refractivity contribution in [2.45, 2.75) is 13.1 Å². The smallest absolute Gasteiger partial charge is 0.159 e. The largest absolute Gasteiger partial charge is 0.237 e. The van der Waals surface area contributed by atoms with Crippen molar-refractivity contribution in [2.24, 2.45) is 0 Å². The molecule has 1 aliphatic heterocycles. The minimum atomic E-state index is -2.11. The fourth-order valence-electron chi connectivity index (χ4n) is 9.16. The zero-order valence-electron chi connectivity index (χ0n) is 31.9. The zero-order valence-corrected chi connectivity index (χ0v) is 32.9.